The summed E-state index contributed by atoms with van der Waals surface area (Å²) in [5, 5.41) is 4.41. The predicted molar refractivity (Wildman–Crippen MR) is 179 cm³/mol. The molecule has 11 heteroatoms. The molecule has 1 aliphatic rings. The lowest BCUT2D eigenvalue weighted by molar-refractivity contribution is -0.141. The fraction of sp³-hybridized carbons (Fsp3) is 0.394. The third-order valence-corrected chi connectivity index (χ3v) is 10.00. The van der Waals surface area contributed by atoms with E-state index < -0.39 is 16.1 Å². The number of amides is 2. The Kier molecular flexibility index (Phi) is 12.4. The molecular formula is C33H38Cl3N3O4S. The van der Waals surface area contributed by atoms with Crippen molar-refractivity contribution in [3.05, 3.63) is 99.0 Å². The number of carbonyl (C=O) groups excluding carboxylic acids is 2. The number of nitrogens with one attached hydrogen (secondary N) is 1. The topological polar surface area (TPSA) is 86.8 Å². The number of benzene rings is 3. The molecule has 0 bridgehead atoms. The molecule has 0 radical (unpaired) electrons. The number of nitrogens with zero attached hydrogens (tertiary/aromatic N) is 2. The van der Waals surface area contributed by atoms with E-state index in [1.54, 1.807) is 47.4 Å². The van der Waals surface area contributed by atoms with Crippen molar-refractivity contribution in [2.45, 2.75) is 70.0 Å². The Morgan fingerprint density at radius 2 is 1.57 bits per heavy atom. The number of rotatable bonds is 13. The van der Waals surface area contributed by atoms with Crippen LogP contribution in [-0.4, -0.2) is 50.0 Å². The molecule has 1 unspecified atom stereocenters. The van der Waals surface area contributed by atoms with Gasteiger partial charge in [-0.05, 0) is 55.2 Å². The van der Waals surface area contributed by atoms with E-state index in [0.29, 0.717) is 32.7 Å². The van der Waals surface area contributed by atoms with E-state index in [9.17, 15) is 18.0 Å². The van der Waals surface area contributed by atoms with Gasteiger partial charge in [-0.3, -0.25) is 13.9 Å². The molecule has 0 saturated heterocycles. The highest BCUT2D eigenvalue weighted by molar-refractivity contribution is 7.92. The molecule has 0 aromatic heterocycles. The summed E-state index contributed by atoms with van der Waals surface area (Å²) in [6.07, 6.45) is 6.68. The van der Waals surface area contributed by atoms with Gasteiger partial charge in [0.15, 0.2) is 0 Å². The molecule has 0 spiro atoms. The molecule has 3 aromatic rings. The normalized spacial score (nSPS) is 14.5. The van der Waals surface area contributed by atoms with Crippen molar-refractivity contribution in [3.63, 3.8) is 0 Å². The average molecular weight is 679 g/mol. The summed E-state index contributed by atoms with van der Waals surface area (Å²) in [4.78, 5) is 29.6. The van der Waals surface area contributed by atoms with E-state index in [1.807, 2.05) is 30.3 Å². The Morgan fingerprint density at radius 3 is 2.20 bits per heavy atom. The van der Waals surface area contributed by atoms with Crippen LogP contribution < -0.4 is 9.62 Å². The van der Waals surface area contributed by atoms with Crippen LogP contribution in [-0.2, 0) is 32.6 Å². The Bertz CT molecular complexity index is 1510. The van der Waals surface area contributed by atoms with E-state index in [2.05, 4.69) is 5.32 Å². The van der Waals surface area contributed by atoms with Crippen LogP contribution in [0.15, 0.2) is 72.8 Å². The Balaban J connectivity index is 1.62. The lowest BCUT2D eigenvalue weighted by Crippen LogP contribution is -2.53. The quantitative estimate of drug-likeness (QED) is 0.206. The van der Waals surface area contributed by atoms with Gasteiger partial charge in [-0.2, -0.15) is 0 Å². The van der Waals surface area contributed by atoms with Crippen molar-refractivity contribution in [2.75, 3.05) is 17.1 Å². The fourth-order valence-corrected chi connectivity index (χ4v) is 7.25. The summed E-state index contributed by atoms with van der Waals surface area (Å²) in [5.74, 6) is -0.533. The van der Waals surface area contributed by atoms with E-state index in [1.165, 1.54) is 4.31 Å². The number of anilines is 1. The molecule has 1 atom stereocenters. The van der Waals surface area contributed by atoms with Gasteiger partial charge in [-0.1, -0.05) is 96.5 Å². The Morgan fingerprint density at radius 1 is 0.909 bits per heavy atom. The highest BCUT2D eigenvalue weighted by Crippen LogP contribution is 2.28. The average Bonchev–Trinajstić information content (AvgIpc) is 2.98. The summed E-state index contributed by atoms with van der Waals surface area (Å²) in [6.45, 7) is 0.0836. The monoisotopic (exact) mass is 677 g/mol. The lowest BCUT2D eigenvalue weighted by atomic mass is 9.94. The van der Waals surface area contributed by atoms with E-state index in [-0.39, 0.29) is 43.8 Å². The van der Waals surface area contributed by atoms with Gasteiger partial charge in [0.05, 0.1) is 11.9 Å². The first-order valence-corrected chi connectivity index (χ1v) is 17.8. The second kappa shape index (κ2) is 16.0. The maximum absolute atomic E-state index is 14.1. The largest absolute Gasteiger partial charge is 0.352 e. The van der Waals surface area contributed by atoms with Crippen molar-refractivity contribution in [2.24, 2.45) is 0 Å². The third-order valence-electron chi connectivity index (χ3n) is 7.86. The van der Waals surface area contributed by atoms with Gasteiger partial charge in [-0.25, -0.2) is 8.42 Å². The molecule has 3 aromatic carbocycles. The van der Waals surface area contributed by atoms with Crippen LogP contribution in [0.3, 0.4) is 0 Å². The zero-order chi connectivity index (χ0) is 31.7. The van der Waals surface area contributed by atoms with Crippen LogP contribution in [0, 0.1) is 0 Å². The van der Waals surface area contributed by atoms with Crippen molar-refractivity contribution in [3.8, 4) is 0 Å². The molecule has 44 heavy (non-hydrogen) atoms. The smallest absolute Gasteiger partial charge is 0.243 e. The van der Waals surface area contributed by atoms with Crippen molar-refractivity contribution in [1.82, 2.24) is 10.2 Å². The minimum absolute atomic E-state index is 0.00332. The van der Waals surface area contributed by atoms with Crippen LogP contribution in [0.25, 0.3) is 0 Å². The molecule has 7 nitrogen and oxygen atoms in total. The number of hydrogen-bond acceptors (Lipinski definition) is 4. The molecule has 1 N–H and O–H groups in total. The minimum atomic E-state index is -3.65. The maximum atomic E-state index is 14.1. The highest BCUT2D eigenvalue weighted by atomic mass is 35.5. The second-order valence-corrected chi connectivity index (χ2v) is 14.3. The molecule has 236 valence electrons. The second-order valence-electron chi connectivity index (χ2n) is 11.2. The van der Waals surface area contributed by atoms with Gasteiger partial charge >= 0.3 is 0 Å². The Hall–Kier alpha value is -2.78. The molecule has 1 saturated carbocycles. The van der Waals surface area contributed by atoms with Gasteiger partial charge in [-0.15, -0.1) is 0 Å². The van der Waals surface area contributed by atoms with Gasteiger partial charge in [0, 0.05) is 52.6 Å². The molecular weight excluding hydrogens is 641 g/mol. The van der Waals surface area contributed by atoms with Crippen LogP contribution in [0.5, 0.6) is 0 Å². The first-order chi connectivity index (χ1) is 21.0. The SMILES string of the molecule is CS(=O)(=O)N(CCCC(=O)N(Cc1c(Cl)cccc1Cl)C(Cc1ccccc1)C(=O)NC1CCCCC1)c1cccc(Cl)c1. The Labute approximate surface area is 275 Å². The minimum Gasteiger partial charge on any atom is -0.352 e. The first kappa shape index (κ1) is 34.1. The lowest BCUT2D eigenvalue weighted by Gasteiger charge is -2.34. The number of halogens is 3. The number of sulfonamides is 1. The third kappa shape index (κ3) is 9.61. The standard InChI is InChI=1S/C33H38Cl3N3O4S/c1-44(42,43)39(27-16-8-13-25(34)22-27)20-10-19-32(40)38(23-28-29(35)17-9-18-30(28)36)31(21-24-11-4-2-5-12-24)33(41)37-26-14-6-3-7-15-26/h2,4-5,8-9,11-13,16-18,22,26,31H,3,6-7,10,14-15,19-21,23H2,1H3,(H,37,41). The molecule has 0 aliphatic heterocycles. The van der Waals surface area contributed by atoms with E-state index >= 15 is 0 Å². The molecule has 4 rings (SSSR count). The van der Waals surface area contributed by atoms with Gasteiger partial charge in [0.25, 0.3) is 0 Å². The van der Waals surface area contributed by atoms with Crippen LogP contribution >= 0.6 is 34.8 Å². The highest BCUT2D eigenvalue weighted by Gasteiger charge is 2.33. The summed E-state index contributed by atoms with van der Waals surface area (Å²) >= 11 is 19.2. The van der Waals surface area contributed by atoms with Crippen LogP contribution in [0.2, 0.25) is 15.1 Å². The van der Waals surface area contributed by atoms with E-state index in [0.717, 1.165) is 43.9 Å². The number of carbonyl (C=O) groups is 2. The summed E-state index contributed by atoms with van der Waals surface area (Å²) < 4.78 is 26.6. The van der Waals surface area contributed by atoms with E-state index in [4.69, 9.17) is 34.8 Å². The first-order valence-electron chi connectivity index (χ1n) is 14.8. The van der Waals surface area contributed by atoms with Crippen molar-refractivity contribution < 1.29 is 18.0 Å². The van der Waals surface area contributed by atoms with Crippen LogP contribution in [0.4, 0.5) is 5.69 Å². The molecule has 0 heterocycles. The molecule has 2 amide bonds. The predicted octanol–water partition coefficient (Wildman–Crippen LogP) is 7.28. The van der Waals surface area contributed by atoms with Crippen molar-refractivity contribution >= 4 is 62.3 Å². The van der Waals surface area contributed by atoms with Gasteiger partial charge in [0.1, 0.15) is 6.04 Å². The van der Waals surface area contributed by atoms with Gasteiger partial charge in [0.2, 0.25) is 21.8 Å². The van der Waals surface area contributed by atoms with Gasteiger partial charge < -0.3 is 10.2 Å². The molecule has 1 fully saturated rings. The zero-order valence-corrected chi connectivity index (χ0v) is 27.8. The maximum Gasteiger partial charge on any atom is 0.243 e. The summed E-state index contributed by atoms with van der Waals surface area (Å²) in [6, 6.07) is 20.5. The molecule has 1 aliphatic carbocycles. The van der Waals surface area contributed by atoms with Crippen molar-refractivity contribution in [1.29, 1.82) is 0 Å². The summed E-state index contributed by atoms with van der Waals surface area (Å²) in [5.41, 5.74) is 1.87. The van der Waals surface area contributed by atoms with Crippen LogP contribution in [0.1, 0.15) is 56.1 Å². The fourth-order valence-electron chi connectivity index (χ4n) is 5.59. The zero-order valence-electron chi connectivity index (χ0n) is 24.7. The number of hydrogen-bond donors (Lipinski definition) is 1. The summed E-state index contributed by atoms with van der Waals surface area (Å²) in [7, 11) is -3.65.